The monoisotopic (exact) mass is 267 g/mol. The Kier molecular flexibility index (Phi) is 4.32. The minimum absolute atomic E-state index is 0.581. The van der Waals surface area contributed by atoms with Crippen LogP contribution in [0.5, 0.6) is 0 Å². The Morgan fingerprint density at radius 3 is 2.94 bits per heavy atom. The van der Waals surface area contributed by atoms with Gasteiger partial charge >= 0.3 is 0 Å². The third kappa shape index (κ3) is 2.70. The van der Waals surface area contributed by atoms with Crippen molar-refractivity contribution in [2.75, 3.05) is 6.54 Å². The molecule has 2 heterocycles. The molecule has 2 aromatic heterocycles. The van der Waals surface area contributed by atoms with Gasteiger partial charge < -0.3 is 10.3 Å². The lowest BCUT2D eigenvalue weighted by atomic mass is 10.6. The summed E-state index contributed by atoms with van der Waals surface area (Å²) in [6.45, 7) is 6.12. The summed E-state index contributed by atoms with van der Waals surface area (Å²) < 4.78 is 3.90. The number of hydrogen-bond donors (Lipinski definition) is 1. The summed E-state index contributed by atoms with van der Waals surface area (Å²) in [7, 11) is 0. The third-order valence-electron chi connectivity index (χ3n) is 2.58. The first-order valence-electron chi connectivity index (χ1n) is 5.85. The first-order valence-corrected chi connectivity index (χ1v) is 6.84. The normalized spacial score (nSPS) is 11.1. The molecule has 0 aliphatic carbocycles. The van der Waals surface area contributed by atoms with E-state index in [-0.39, 0.29) is 0 Å². The second kappa shape index (κ2) is 5.96. The molecule has 0 bridgehead atoms. The first-order chi connectivity index (χ1) is 8.76. The molecule has 8 heteroatoms. The van der Waals surface area contributed by atoms with Crippen LogP contribution in [-0.2, 0) is 18.8 Å². The molecule has 98 valence electrons. The lowest BCUT2D eigenvalue weighted by Gasteiger charge is -2.06. The number of nitrogens with two attached hydrogens (primary N) is 1. The predicted molar refractivity (Wildman–Crippen MR) is 69.1 cm³/mol. The first kappa shape index (κ1) is 13.0. The van der Waals surface area contributed by atoms with Gasteiger partial charge in [-0.05, 0) is 13.8 Å². The van der Waals surface area contributed by atoms with Crippen molar-refractivity contribution in [3.63, 3.8) is 0 Å². The maximum atomic E-state index is 5.58. The SMILES string of the molecule is CCn1ncnc1CSc1nnc(C)n1CCN. The fourth-order valence-corrected chi connectivity index (χ4v) is 2.61. The molecule has 2 rings (SSSR count). The van der Waals surface area contributed by atoms with Crippen LogP contribution in [0.2, 0.25) is 0 Å². The van der Waals surface area contributed by atoms with Crippen molar-refractivity contribution in [3.05, 3.63) is 18.0 Å². The summed E-state index contributed by atoms with van der Waals surface area (Å²) in [4.78, 5) is 4.23. The zero-order chi connectivity index (χ0) is 13.0. The van der Waals surface area contributed by atoms with Gasteiger partial charge in [-0.25, -0.2) is 9.67 Å². The Bertz CT molecular complexity index is 504. The van der Waals surface area contributed by atoms with E-state index in [1.807, 2.05) is 23.1 Å². The molecular weight excluding hydrogens is 250 g/mol. The summed E-state index contributed by atoms with van der Waals surface area (Å²) in [6, 6.07) is 0. The standard InChI is InChI=1S/C10H17N7S/c1-3-17-9(12-7-13-17)6-18-10-15-14-8(2)16(10)5-4-11/h7H,3-6,11H2,1-2H3. The third-order valence-corrected chi connectivity index (χ3v) is 3.54. The molecule has 0 aromatic carbocycles. The lowest BCUT2D eigenvalue weighted by Crippen LogP contribution is -2.12. The fourth-order valence-electron chi connectivity index (χ4n) is 1.65. The van der Waals surface area contributed by atoms with Crippen molar-refractivity contribution in [2.45, 2.75) is 37.8 Å². The largest absolute Gasteiger partial charge is 0.329 e. The Hall–Kier alpha value is -1.41. The average Bonchev–Trinajstić information content (AvgIpc) is 2.96. The molecule has 2 N–H and O–H groups in total. The van der Waals surface area contributed by atoms with Crippen LogP contribution < -0.4 is 5.73 Å². The lowest BCUT2D eigenvalue weighted by molar-refractivity contribution is 0.622. The van der Waals surface area contributed by atoms with Crippen LogP contribution in [-0.4, -0.2) is 36.1 Å². The van der Waals surface area contributed by atoms with Gasteiger partial charge in [-0.15, -0.1) is 10.2 Å². The van der Waals surface area contributed by atoms with Crippen LogP contribution >= 0.6 is 11.8 Å². The number of rotatable bonds is 6. The van der Waals surface area contributed by atoms with Crippen LogP contribution in [0.1, 0.15) is 18.6 Å². The fraction of sp³-hybridized carbons (Fsp3) is 0.600. The van der Waals surface area contributed by atoms with E-state index in [1.165, 1.54) is 0 Å². The van der Waals surface area contributed by atoms with E-state index in [0.29, 0.717) is 6.54 Å². The van der Waals surface area contributed by atoms with Crippen LogP contribution in [0.4, 0.5) is 0 Å². The van der Waals surface area contributed by atoms with E-state index in [4.69, 9.17) is 5.73 Å². The van der Waals surface area contributed by atoms with Crippen molar-refractivity contribution in [3.8, 4) is 0 Å². The predicted octanol–water partition coefficient (Wildman–Crippen LogP) is 0.449. The highest BCUT2D eigenvalue weighted by Crippen LogP contribution is 2.20. The molecule has 0 unspecified atom stereocenters. The Morgan fingerprint density at radius 2 is 2.22 bits per heavy atom. The van der Waals surface area contributed by atoms with Crippen molar-refractivity contribution in [1.82, 2.24) is 29.5 Å². The minimum atomic E-state index is 0.581. The molecule has 0 radical (unpaired) electrons. The number of nitrogens with zero attached hydrogens (tertiary/aromatic N) is 6. The van der Waals surface area contributed by atoms with E-state index in [2.05, 4.69) is 20.3 Å². The Labute approximate surface area is 110 Å². The van der Waals surface area contributed by atoms with E-state index < -0.39 is 0 Å². The summed E-state index contributed by atoms with van der Waals surface area (Å²) >= 11 is 1.61. The quantitative estimate of drug-likeness (QED) is 0.765. The van der Waals surface area contributed by atoms with Gasteiger partial charge in [0.25, 0.3) is 0 Å². The van der Waals surface area contributed by atoms with E-state index in [9.17, 15) is 0 Å². The van der Waals surface area contributed by atoms with Crippen molar-refractivity contribution in [2.24, 2.45) is 5.73 Å². The molecule has 0 saturated heterocycles. The smallest absolute Gasteiger partial charge is 0.191 e. The number of hydrogen-bond acceptors (Lipinski definition) is 6. The summed E-state index contributed by atoms with van der Waals surface area (Å²) in [5.41, 5.74) is 5.58. The van der Waals surface area contributed by atoms with Gasteiger partial charge in [0.05, 0.1) is 5.75 Å². The molecule has 0 amide bonds. The highest BCUT2D eigenvalue weighted by Gasteiger charge is 2.10. The zero-order valence-corrected chi connectivity index (χ0v) is 11.4. The summed E-state index contributed by atoms with van der Waals surface area (Å²) in [6.07, 6.45) is 1.58. The molecular formula is C10H17N7S. The number of aryl methyl sites for hydroxylation is 2. The van der Waals surface area contributed by atoms with Crippen LogP contribution in [0.3, 0.4) is 0 Å². The van der Waals surface area contributed by atoms with E-state index in [1.54, 1.807) is 18.1 Å². The molecule has 2 aromatic rings. The number of thioether (sulfide) groups is 1. The van der Waals surface area contributed by atoms with E-state index >= 15 is 0 Å². The molecule has 18 heavy (non-hydrogen) atoms. The summed E-state index contributed by atoms with van der Waals surface area (Å²) in [5.74, 6) is 2.57. The summed E-state index contributed by atoms with van der Waals surface area (Å²) in [5, 5.41) is 13.2. The molecule has 0 saturated carbocycles. The zero-order valence-electron chi connectivity index (χ0n) is 10.6. The van der Waals surface area contributed by atoms with Gasteiger partial charge in [-0.1, -0.05) is 11.8 Å². The topological polar surface area (TPSA) is 87.4 Å². The molecule has 0 fully saturated rings. The Balaban J connectivity index is 2.06. The van der Waals surface area contributed by atoms with Crippen LogP contribution in [0.15, 0.2) is 11.5 Å². The maximum Gasteiger partial charge on any atom is 0.191 e. The second-order valence-corrected chi connectivity index (χ2v) is 4.69. The van der Waals surface area contributed by atoms with Gasteiger partial charge in [0, 0.05) is 19.6 Å². The molecule has 7 nitrogen and oxygen atoms in total. The van der Waals surface area contributed by atoms with Gasteiger partial charge in [-0.3, -0.25) is 0 Å². The molecule has 0 aliphatic heterocycles. The molecule has 0 aliphatic rings. The van der Waals surface area contributed by atoms with Gasteiger partial charge in [-0.2, -0.15) is 5.10 Å². The van der Waals surface area contributed by atoms with Gasteiger partial charge in [0.2, 0.25) is 0 Å². The maximum absolute atomic E-state index is 5.58. The highest BCUT2D eigenvalue weighted by molar-refractivity contribution is 7.98. The highest BCUT2D eigenvalue weighted by atomic mass is 32.2. The van der Waals surface area contributed by atoms with Gasteiger partial charge in [0.1, 0.15) is 18.0 Å². The molecule has 0 spiro atoms. The van der Waals surface area contributed by atoms with Crippen molar-refractivity contribution < 1.29 is 0 Å². The van der Waals surface area contributed by atoms with Crippen LogP contribution in [0, 0.1) is 6.92 Å². The Morgan fingerprint density at radius 1 is 1.39 bits per heavy atom. The van der Waals surface area contributed by atoms with Crippen molar-refractivity contribution >= 4 is 11.8 Å². The second-order valence-electron chi connectivity index (χ2n) is 3.75. The van der Waals surface area contributed by atoms with Gasteiger partial charge in [0.15, 0.2) is 5.16 Å². The average molecular weight is 267 g/mol. The number of aromatic nitrogens is 6. The van der Waals surface area contributed by atoms with Crippen molar-refractivity contribution in [1.29, 1.82) is 0 Å². The molecule has 0 atom stereocenters. The van der Waals surface area contributed by atoms with E-state index in [0.717, 1.165) is 35.6 Å². The minimum Gasteiger partial charge on any atom is -0.329 e. The van der Waals surface area contributed by atoms with Crippen LogP contribution in [0.25, 0.3) is 0 Å².